The van der Waals surface area contributed by atoms with E-state index in [0.29, 0.717) is 12.2 Å². The van der Waals surface area contributed by atoms with Gasteiger partial charge in [0, 0.05) is 60.5 Å². The van der Waals surface area contributed by atoms with Gasteiger partial charge in [0.1, 0.15) is 5.78 Å². The van der Waals surface area contributed by atoms with Crippen molar-refractivity contribution in [2.75, 3.05) is 26.2 Å². The molecule has 1 aliphatic heterocycles. The Balaban J connectivity index is 1.36. The Hall–Kier alpha value is -2.64. The van der Waals surface area contributed by atoms with Crippen LogP contribution in [0.15, 0.2) is 36.9 Å². The number of aromatic nitrogens is 4. The molecule has 1 saturated heterocycles. The maximum atomic E-state index is 12.9. The first kappa shape index (κ1) is 21.6. The van der Waals surface area contributed by atoms with Crippen LogP contribution in [0.3, 0.4) is 0 Å². The van der Waals surface area contributed by atoms with Gasteiger partial charge < -0.3 is 9.64 Å². The van der Waals surface area contributed by atoms with Crippen molar-refractivity contribution in [1.29, 1.82) is 0 Å². The Bertz CT molecular complexity index is 1040. The van der Waals surface area contributed by atoms with Crippen molar-refractivity contribution in [1.82, 2.24) is 24.6 Å². The Kier molecular flexibility index (Phi) is 6.73. The predicted octanol–water partition coefficient (Wildman–Crippen LogP) is 3.28. The number of nitrogens with zero attached hydrogens (tertiary/aromatic N) is 5. The third kappa shape index (κ3) is 5.54. The lowest BCUT2D eigenvalue weighted by Gasteiger charge is -2.31. The van der Waals surface area contributed by atoms with Crippen molar-refractivity contribution >= 4 is 16.7 Å². The number of hydrogen-bond acceptors (Lipinski definition) is 6. The van der Waals surface area contributed by atoms with Gasteiger partial charge in [-0.15, -0.1) is 0 Å². The lowest BCUT2D eigenvalue weighted by Crippen LogP contribution is -2.38. The molecule has 0 bridgehead atoms. The van der Waals surface area contributed by atoms with Crippen LogP contribution in [0.4, 0.5) is 0 Å². The van der Waals surface area contributed by atoms with Crippen LogP contribution in [-0.4, -0.2) is 62.8 Å². The van der Waals surface area contributed by atoms with E-state index in [9.17, 15) is 4.79 Å². The van der Waals surface area contributed by atoms with Crippen molar-refractivity contribution in [3.63, 3.8) is 0 Å². The van der Waals surface area contributed by atoms with Gasteiger partial charge in [0.25, 0.3) is 0 Å². The molecule has 3 aromatic rings. The largest absolute Gasteiger partial charge is 0.377 e. The van der Waals surface area contributed by atoms with E-state index in [2.05, 4.69) is 39.9 Å². The molecule has 7 heteroatoms. The third-order valence-electron chi connectivity index (χ3n) is 5.92. The summed E-state index contributed by atoms with van der Waals surface area (Å²) in [6.07, 6.45) is 9.89. The van der Waals surface area contributed by atoms with Crippen LogP contribution in [0.1, 0.15) is 32.4 Å². The fourth-order valence-corrected chi connectivity index (χ4v) is 4.12. The van der Waals surface area contributed by atoms with Gasteiger partial charge in [0.05, 0.1) is 30.6 Å². The maximum absolute atomic E-state index is 12.9. The molecule has 4 heterocycles. The van der Waals surface area contributed by atoms with Crippen LogP contribution in [0, 0.1) is 5.92 Å². The summed E-state index contributed by atoms with van der Waals surface area (Å²) < 4.78 is 7.42. The van der Waals surface area contributed by atoms with Gasteiger partial charge in [-0.25, -0.2) is 0 Å². The van der Waals surface area contributed by atoms with Crippen molar-refractivity contribution in [2.24, 2.45) is 13.0 Å². The average molecular weight is 422 g/mol. The third-order valence-corrected chi connectivity index (χ3v) is 5.92. The molecule has 3 aromatic heterocycles. The number of ether oxygens (including phenoxy) is 1. The molecule has 0 radical (unpaired) electrons. The Labute approximate surface area is 183 Å². The predicted molar refractivity (Wildman–Crippen MR) is 121 cm³/mol. The first-order valence-corrected chi connectivity index (χ1v) is 11.1. The molecule has 4 rings (SSSR count). The molecule has 0 spiro atoms. The molecule has 1 aliphatic rings. The highest BCUT2D eigenvalue weighted by Crippen LogP contribution is 2.24. The monoisotopic (exact) mass is 421 g/mol. The number of carbonyl (C=O) groups is 1. The van der Waals surface area contributed by atoms with Crippen molar-refractivity contribution in [3.05, 3.63) is 42.6 Å². The zero-order valence-corrected chi connectivity index (χ0v) is 18.6. The summed E-state index contributed by atoms with van der Waals surface area (Å²) in [6, 6.07) is 4.09. The molecule has 0 N–H and O–H groups in total. The van der Waals surface area contributed by atoms with Gasteiger partial charge in [0.2, 0.25) is 0 Å². The van der Waals surface area contributed by atoms with E-state index in [1.54, 1.807) is 10.9 Å². The van der Waals surface area contributed by atoms with Gasteiger partial charge in [0.15, 0.2) is 0 Å². The molecule has 31 heavy (non-hydrogen) atoms. The maximum Gasteiger partial charge on any atom is 0.142 e. The van der Waals surface area contributed by atoms with Crippen LogP contribution in [-0.2, 0) is 23.0 Å². The minimum Gasteiger partial charge on any atom is -0.377 e. The second kappa shape index (κ2) is 9.66. The summed E-state index contributed by atoms with van der Waals surface area (Å²) in [5, 5.41) is 5.23. The number of likely N-dealkylation sites (tertiary alicyclic amines) is 1. The average Bonchev–Trinajstić information content (AvgIpc) is 3.20. The number of hydrogen-bond donors (Lipinski definition) is 0. The van der Waals surface area contributed by atoms with E-state index >= 15 is 0 Å². The fourth-order valence-electron chi connectivity index (χ4n) is 4.12. The molecule has 0 saturated carbocycles. The second-order valence-electron chi connectivity index (χ2n) is 8.67. The van der Waals surface area contributed by atoms with E-state index in [0.717, 1.165) is 66.8 Å². The van der Waals surface area contributed by atoms with Crippen molar-refractivity contribution < 1.29 is 9.53 Å². The highest BCUT2D eigenvalue weighted by molar-refractivity contribution is 5.86. The molecule has 0 amide bonds. The summed E-state index contributed by atoms with van der Waals surface area (Å²) in [6.45, 7) is 7.73. The number of carbonyl (C=O) groups excluding carboxylic acids is 1. The highest BCUT2D eigenvalue weighted by atomic mass is 16.5. The van der Waals surface area contributed by atoms with Crippen molar-refractivity contribution in [2.45, 2.75) is 39.2 Å². The SMILES string of the molecule is CC(C)OCCN1CCC(C(=O)Cc2cc3cc(-c4cnn(C)c4)cnc3cn2)CC1. The van der Waals surface area contributed by atoms with Gasteiger partial charge in [-0.2, -0.15) is 5.10 Å². The number of piperidine rings is 1. The van der Waals surface area contributed by atoms with E-state index < -0.39 is 0 Å². The first-order chi connectivity index (χ1) is 15.0. The van der Waals surface area contributed by atoms with E-state index in [4.69, 9.17) is 4.74 Å². The second-order valence-corrected chi connectivity index (χ2v) is 8.67. The molecular formula is C24H31N5O2. The van der Waals surface area contributed by atoms with Gasteiger partial charge in [-0.1, -0.05) is 0 Å². The highest BCUT2D eigenvalue weighted by Gasteiger charge is 2.25. The zero-order valence-electron chi connectivity index (χ0n) is 18.6. The van der Waals surface area contributed by atoms with Crippen LogP contribution in [0.5, 0.6) is 0 Å². The lowest BCUT2D eigenvalue weighted by molar-refractivity contribution is -0.123. The summed E-state index contributed by atoms with van der Waals surface area (Å²) >= 11 is 0. The number of Topliss-reactive ketones (excluding diaryl/α,β-unsaturated/α-hetero) is 1. The molecule has 0 aromatic carbocycles. The molecule has 0 unspecified atom stereocenters. The lowest BCUT2D eigenvalue weighted by atomic mass is 9.90. The quantitative estimate of drug-likeness (QED) is 0.556. The molecular weight excluding hydrogens is 390 g/mol. The standard InChI is InChI=1S/C24H31N5O2/c1-17(2)31-9-8-29-6-4-18(5-7-29)24(30)12-22-11-19-10-20(13-26-23(19)15-25-22)21-14-27-28(3)16-21/h10-11,13-18H,4-9,12H2,1-3H3. The molecule has 0 atom stereocenters. The van der Waals surface area contributed by atoms with Crippen LogP contribution >= 0.6 is 0 Å². The van der Waals surface area contributed by atoms with Gasteiger partial charge >= 0.3 is 0 Å². The molecule has 7 nitrogen and oxygen atoms in total. The van der Waals surface area contributed by atoms with Gasteiger partial charge in [-0.3, -0.25) is 19.4 Å². The Morgan fingerprint density at radius 1 is 1.13 bits per heavy atom. The summed E-state index contributed by atoms with van der Waals surface area (Å²) in [7, 11) is 1.90. The summed E-state index contributed by atoms with van der Waals surface area (Å²) in [5.74, 6) is 0.418. The summed E-state index contributed by atoms with van der Waals surface area (Å²) in [5.41, 5.74) is 3.69. The van der Waals surface area contributed by atoms with Gasteiger partial charge in [-0.05, 0) is 51.9 Å². The number of fused-ring (bicyclic) bond motifs is 1. The van der Waals surface area contributed by atoms with Crippen LogP contribution in [0.25, 0.3) is 22.0 Å². The Morgan fingerprint density at radius 2 is 1.94 bits per heavy atom. The zero-order chi connectivity index (χ0) is 21.8. The number of aryl methyl sites for hydroxylation is 1. The minimum atomic E-state index is 0.125. The first-order valence-electron chi connectivity index (χ1n) is 11.1. The van der Waals surface area contributed by atoms with E-state index in [1.165, 1.54) is 0 Å². The molecule has 0 aliphatic carbocycles. The summed E-state index contributed by atoms with van der Waals surface area (Å²) in [4.78, 5) is 24.3. The topological polar surface area (TPSA) is 73.1 Å². The van der Waals surface area contributed by atoms with E-state index in [-0.39, 0.29) is 12.0 Å². The number of pyridine rings is 2. The Morgan fingerprint density at radius 3 is 2.65 bits per heavy atom. The smallest absolute Gasteiger partial charge is 0.142 e. The fraction of sp³-hybridized carbons (Fsp3) is 0.500. The number of rotatable bonds is 8. The van der Waals surface area contributed by atoms with Crippen LogP contribution < -0.4 is 0 Å². The molecule has 164 valence electrons. The number of ketones is 1. The van der Waals surface area contributed by atoms with Crippen molar-refractivity contribution in [3.8, 4) is 11.1 Å². The normalized spacial score (nSPS) is 15.7. The minimum absolute atomic E-state index is 0.125. The van der Waals surface area contributed by atoms with Crippen LogP contribution in [0.2, 0.25) is 0 Å². The van der Waals surface area contributed by atoms with E-state index in [1.807, 2.05) is 31.7 Å². The molecule has 1 fully saturated rings.